The zero-order valence-electron chi connectivity index (χ0n) is 25.3. The molecule has 2 aliphatic rings. The molecule has 216 valence electrons. The Bertz CT molecular complexity index is 1860. The van der Waals surface area contributed by atoms with Gasteiger partial charge in [0.05, 0.1) is 21.3 Å². The predicted octanol–water partition coefficient (Wildman–Crippen LogP) is 9.24. The molecule has 1 heterocycles. The molecule has 0 fully saturated rings. The largest absolute Gasteiger partial charge is 0.497 e. The Morgan fingerprint density at radius 1 is 0.721 bits per heavy atom. The van der Waals surface area contributed by atoms with E-state index in [2.05, 4.69) is 92.9 Å². The second-order valence-corrected chi connectivity index (χ2v) is 12.4. The van der Waals surface area contributed by atoms with E-state index in [4.69, 9.17) is 18.9 Å². The van der Waals surface area contributed by atoms with Gasteiger partial charge in [-0.05, 0) is 76.4 Å². The second-order valence-electron chi connectivity index (χ2n) is 11.5. The monoisotopic (exact) mass is 586 g/mol. The topological polar surface area (TPSA) is 36.9 Å². The van der Waals surface area contributed by atoms with Crippen molar-refractivity contribution in [3.8, 4) is 34.1 Å². The fourth-order valence-corrected chi connectivity index (χ4v) is 7.51. The maximum absolute atomic E-state index is 7.41. The van der Waals surface area contributed by atoms with Crippen molar-refractivity contribution in [2.75, 3.05) is 27.6 Å². The summed E-state index contributed by atoms with van der Waals surface area (Å²) in [5, 5.41) is 2.21. The van der Waals surface area contributed by atoms with E-state index < -0.39 is 5.60 Å². The first-order valence-electron chi connectivity index (χ1n) is 14.4. The number of thioether (sulfide) groups is 1. The average molecular weight is 587 g/mol. The van der Waals surface area contributed by atoms with Crippen LogP contribution in [0.2, 0.25) is 0 Å². The summed E-state index contributed by atoms with van der Waals surface area (Å²) in [5.74, 6) is 3.29. The third-order valence-electron chi connectivity index (χ3n) is 9.08. The lowest BCUT2D eigenvalue weighted by atomic mass is 9.77. The first kappa shape index (κ1) is 27.5. The van der Waals surface area contributed by atoms with Crippen LogP contribution in [-0.4, -0.2) is 27.6 Å². The van der Waals surface area contributed by atoms with Crippen LogP contribution < -0.4 is 18.9 Å². The van der Waals surface area contributed by atoms with Crippen LogP contribution >= 0.6 is 11.8 Å². The van der Waals surface area contributed by atoms with Crippen molar-refractivity contribution in [3.63, 3.8) is 0 Å². The molecule has 1 aliphatic carbocycles. The van der Waals surface area contributed by atoms with Crippen LogP contribution in [0.4, 0.5) is 0 Å². The van der Waals surface area contributed by atoms with Crippen molar-refractivity contribution >= 4 is 28.6 Å². The summed E-state index contributed by atoms with van der Waals surface area (Å²) in [6, 6.07) is 29.5. The number of benzene rings is 5. The van der Waals surface area contributed by atoms with E-state index in [-0.39, 0.29) is 5.41 Å². The van der Waals surface area contributed by atoms with Gasteiger partial charge in [0.1, 0.15) is 23.0 Å². The van der Waals surface area contributed by atoms with Crippen LogP contribution in [0.25, 0.3) is 28.0 Å². The van der Waals surface area contributed by atoms with Crippen LogP contribution in [0.15, 0.2) is 95.9 Å². The lowest BCUT2D eigenvalue weighted by Crippen LogP contribution is -2.35. The number of methoxy groups -OCH3 is 3. The summed E-state index contributed by atoms with van der Waals surface area (Å²) in [4.78, 5) is 1.10. The Hall–Kier alpha value is -4.35. The lowest BCUT2D eigenvalue weighted by Gasteiger charge is -2.38. The maximum atomic E-state index is 7.41. The van der Waals surface area contributed by atoms with Crippen molar-refractivity contribution in [1.29, 1.82) is 0 Å². The zero-order chi connectivity index (χ0) is 29.9. The number of hydrogen-bond acceptors (Lipinski definition) is 5. The Labute approximate surface area is 257 Å². The molecule has 0 atom stereocenters. The molecule has 0 unspecified atom stereocenters. The molecule has 5 aromatic rings. The van der Waals surface area contributed by atoms with E-state index in [1.165, 1.54) is 27.6 Å². The number of ether oxygens (including phenoxy) is 4. The Kier molecular flexibility index (Phi) is 6.48. The maximum Gasteiger partial charge on any atom is 0.178 e. The van der Waals surface area contributed by atoms with E-state index >= 15 is 0 Å². The minimum absolute atomic E-state index is 0.211. The fourth-order valence-electron chi connectivity index (χ4n) is 6.93. The van der Waals surface area contributed by atoms with Gasteiger partial charge in [0.2, 0.25) is 0 Å². The number of hydrogen-bond donors (Lipinski definition) is 0. The van der Waals surface area contributed by atoms with Gasteiger partial charge < -0.3 is 18.9 Å². The summed E-state index contributed by atoms with van der Waals surface area (Å²) in [6.45, 7) is 4.65. The van der Waals surface area contributed by atoms with Crippen molar-refractivity contribution in [2.45, 2.75) is 29.8 Å². The molecule has 5 heteroatoms. The molecule has 0 saturated carbocycles. The van der Waals surface area contributed by atoms with Gasteiger partial charge >= 0.3 is 0 Å². The smallest absolute Gasteiger partial charge is 0.178 e. The summed E-state index contributed by atoms with van der Waals surface area (Å²) in [5.41, 5.74) is 7.21. The van der Waals surface area contributed by atoms with Crippen LogP contribution in [-0.2, 0) is 11.0 Å². The van der Waals surface area contributed by atoms with E-state index in [9.17, 15) is 0 Å². The van der Waals surface area contributed by atoms with Gasteiger partial charge in [-0.1, -0.05) is 68.5 Å². The molecule has 7 rings (SSSR count). The van der Waals surface area contributed by atoms with Gasteiger partial charge in [0.25, 0.3) is 0 Å². The average Bonchev–Trinajstić information content (AvgIpc) is 3.30. The third kappa shape index (κ3) is 3.98. The molecule has 4 nitrogen and oxygen atoms in total. The SMILES string of the molecule is COc1ccc(C2(c3ccc(OC)cc3)C=Cc3c4c(c5cc(SC)c(OC)cc5c3O2)-c2ccccc2C4(C)C)cc1. The molecular weight excluding hydrogens is 552 g/mol. The lowest BCUT2D eigenvalue weighted by molar-refractivity contribution is 0.163. The minimum atomic E-state index is -0.881. The van der Waals surface area contributed by atoms with Gasteiger partial charge in [-0.3, -0.25) is 0 Å². The molecule has 0 N–H and O–H groups in total. The third-order valence-corrected chi connectivity index (χ3v) is 9.84. The standard InChI is InChI=1S/C38H34O4S/c1-37(2)31-10-8-7-9-27(31)34-29-22-33(43-6)32(41-5)21-30(29)36-28(35(34)37)19-20-38(42-36,23-11-15-25(39-3)16-12-23)24-13-17-26(40-4)18-14-24/h7-22H,1-6H3. The summed E-state index contributed by atoms with van der Waals surface area (Å²) >= 11 is 1.70. The van der Waals surface area contributed by atoms with Gasteiger partial charge in [-0.2, -0.15) is 0 Å². The van der Waals surface area contributed by atoms with E-state index in [0.717, 1.165) is 50.0 Å². The molecule has 0 radical (unpaired) electrons. The molecule has 0 saturated heterocycles. The highest BCUT2D eigenvalue weighted by Crippen LogP contribution is 2.59. The molecule has 1 aliphatic heterocycles. The summed E-state index contributed by atoms with van der Waals surface area (Å²) in [7, 11) is 5.10. The Balaban J connectivity index is 1.57. The highest BCUT2D eigenvalue weighted by atomic mass is 32.2. The van der Waals surface area contributed by atoms with Crippen molar-refractivity contribution in [3.05, 3.63) is 119 Å². The van der Waals surface area contributed by atoms with Gasteiger partial charge in [0.15, 0.2) is 5.60 Å². The van der Waals surface area contributed by atoms with Gasteiger partial charge in [0, 0.05) is 32.4 Å². The Morgan fingerprint density at radius 3 is 1.93 bits per heavy atom. The van der Waals surface area contributed by atoms with Crippen LogP contribution in [0.5, 0.6) is 23.0 Å². The summed E-state index contributed by atoms with van der Waals surface area (Å²) in [6.07, 6.45) is 6.57. The first-order valence-corrected chi connectivity index (χ1v) is 15.6. The predicted molar refractivity (Wildman–Crippen MR) is 176 cm³/mol. The second kappa shape index (κ2) is 10.1. The van der Waals surface area contributed by atoms with E-state index in [1.807, 2.05) is 24.3 Å². The van der Waals surface area contributed by atoms with Crippen LogP contribution in [0.1, 0.15) is 41.7 Å². The fraction of sp³-hybridized carbons (Fsp3) is 0.211. The molecule has 0 aromatic heterocycles. The highest BCUT2D eigenvalue weighted by molar-refractivity contribution is 7.98. The minimum Gasteiger partial charge on any atom is -0.497 e. The highest BCUT2D eigenvalue weighted by Gasteiger charge is 2.44. The molecule has 43 heavy (non-hydrogen) atoms. The van der Waals surface area contributed by atoms with Crippen molar-refractivity contribution in [1.82, 2.24) is 0 Å². The number of fused-ring (bicyclic) bond motifs is 8. The molecular formula is C38H34O4S. The zero-order valence-corrected chi connectivity index (χ0v) is 26.1. The number of rotatable bonds is 6. The quantitative estimate of drug-likeness (QED) is 0.185. The Morgan fingerprint density at radius 2 is 1.35 bits per heavy atom. The normalized spacial score (nSPS) is 15.3. The molecule has 0 spiro atoms. The van der Waals surface area contributed by atoms with E-state index in [0.29, 0.717) is 0 Å². The van der Waals surface area contributed by atoms with Crippen molar-refractivity contribution in [2.24, 2.45) is 0 Å². The first-order chi connectivity index (χ1) is 20.9. The molecule has 5 aromatic carbocycles. The summed E-state index contributed by atoms with van der Waals surface area (Å²) < 4.78 is 24.3. The molecule has 0 amide bonds. The van der Waals surface area contributed by atoms with Gasteiger partial charge in [-0.15, -0.1) is 11.8 Å². The van der Waals surface area contributed by atoms with Crippen molar-refractivity contribution < 1.29 is 18.9 Å². The van der Waals surface area contributed by atoms with Crippen LogP contribution in [0, 0.1) is 0 Å². The van der Waals surface area contributed by atoms with Crippen LogP contribution in [0.3, 0.4) is 0 Å². The molecule has 0 bridgehead atoms. The van der Waals surface area contributed by atoms with Gasteiger partial charge in [-0.25, -0.2) is 0 Å². The van der Waals surface area contributed by atoms with E-state index in [1.54, 1.807) is 33.1 Å².